The number of halogens is 1. The van der Waals surface area contributed by atoms with E-state index in [4.69, 9.17) is 16.0 Å². The molecule has 2 fully saturated rings. The van der Waals surface area contributed by atoms with E-state index < -0.39 is 5.92 Å². The van der Waals surface area contributed by atoms with Gasteiger partial charge in [0.25, 0.3) is 0 Å². The highest BCUT2D eigenvalue weighted by atomic mass is 35.5. The standard InChI is InChI=1S/C18H16ClNO3/c1-9-15(14-16(21)11-2-3-12(8-11)17(14)22)20-18(23-9)10-4-6-13(19)7-5-10/h4-7,11-12,14H,2-3,8H2,1H3/t11-,12+,14?. The Morgan fingerprint density at radius 2 is 1.70 bits per heavy atom. The van der Waals surface area contributed by atoms with Crippen molar-refractivity contribution < 1.29 is 14.0 Å². The van der Waals surface area contributed by atoms with Gasteiger partial charge in [-0.1, -0.05) is 11.6 Å². The zero-order valence-corrected chi connectivity index (χ0v) is 13.5. The molecule has 118 valence electrons. The van der Waals surface area contributed by atoms with Crippen LogP contribution < -0.4 is 0 Å². The van der Waals surface area contributed by atoms with E-state index in [1.54, 1.807) is 19.1 Å². The fourth-order valence-electron chi connectivity index (χ4n) is 3.77. The van der Waals surface area contributed by atoms with Crippen LogP contribution in [0.15, 0.2) is 28.7 Å². The van der Waals surface area contributed by atoms with Gasteiger partial charge in [0.2, 0.25) is 5.89 Å². The average Bonchev–Trinajstić information content (AvgIpc) is 3.13. The molecule has 5 heteroatoms. The van der Waals surface area contributed by atoms with Gasteiger partial charge in [0.1, 0.15) is 17.4 Å². The average molecular weight is 330 g/mol. The van der Waals surface area contributed by atoms with Crippen molar-refractivity contribution in [3.05, 3.63) is 40.7 Å². The predicted octanol–water partition coefficient (Wildman–Crippen LogP) is 3.96. The first kappa shape index (κ1) is 14.6. The van der Waals surface area contributed by atoms with E-state index in [2.05, 4.69) is 4.98 Å². The molecule has 2 aliphatic carbocycles. The second-order valence-electron chi connectivity index (χ2n) is 6.41. The summed E-state index contributed by atoms with van der Waals surface area (Å²) in [5.74, 6) is 0.280. The quantitative estimate of drug-likeness (QED) is 0.782. The third kappa shape index (κ3) is 2.32. The van der Waals surface area contributed by atoms with Crippen LogP contribution in [-0.4, -0.2) is 16.6 Å². The van der Waals surface area contributed by atoms with Gasteiger partial charge in [-0.3, -0.25) is 9.59 Å². The molecule has 2 aliphatic rings. The maximum Gasteiger partial charge on any atom is 0.226 e. The lowest BCUT2D eigenvalue weighted by Gasteiger charge is -2.24. The molecule has 0 amide bonds. The normalized spacial score (nSPS) is 26.8. The van der Waals surface area contributed by atoms with Crippen molar-refractivity contribution in [3.8, 4) is 11.5 Å². The molecule has 4 nitrogen and oxygen atoms in total. The van der Waals surface area contributed by atoms with Crippen LogP contribution in [0.4, 0.5) is 0 Å². The molecule has 0 spiro atoms. The zero-order chi connectivity index (χ0) is 16.1. The van der Waals surface area contributed by atoms with E-state index in [-0.39, 0.29) is 23.4 Å². The number of carbonyl (C=O) groups is 2. The monoisotopic (exact) mass is 329 g/mol. The minimum Gasteiger partial charge on any atom is -0.441 e. The number of hydrogen-bond donors (Lipinski definition) is 0. The molecule has 0 aliphatic heterocycles. The van der Waals surface area contributed by atoms with Gasteiger partial charge in [-0.05, 0) is 50.5 Å². The van der Waals surface area contributed by atoms with Crippen LogP contribution in [0.2, 0.25) is 5.02 Å². The number of aromatic nitrogens is 1. The van der Waals surface area contributed by atoms with Gasteiger partial charge in [-0.2, -0.15) is 0 Å². The Morgan fingerprint density at radius 3 is 2.30 bits per heavy atom. The topological polar surface area (TPSA) is 60.2 Å². The highest BCUT2D eigenvalue weighted by Gasteiger charge is 2.49. The number of fused-ring (bicyclic) bond motifs is 2. The molecule has 1 unspecified atom stereocenters. The first-order valence-corrected chi connectivity index (χ1v) is 8.23. The summed E-state index contributed by atoms with van der Waals surface area (Å²) in [7, 11) is 0. The predicted molar refractivity (Wildman–Crippen MR) is 85.3 cm³/mol. The van der Waals surface area contributed by atoms with E-state index in [0.717, 1.165) is 24.8 Å². The zero-order valence-electron chi connectivity index (χ0n) is 12.7. The van der Waals surface area contributed by atoms with Gasteiger partial charge in [0.15, 0.2) is 11.6 Å². The Hall–Kier alpha value is -1.94. The number of benzene rings is 1. The third-order valence-corrected chi connectivity index (χ3v) is 5.26. The minimum absolute atomic E-state index is 0.0118. The summed E-state index contributed by atoms with van der Waals surface area (Å²) in [6.07, 6.45) is 2.37. The SMILES string of the molecule is Cc1oc(-c2ccc(Cl)cc2)nc1C1C(=O)[C@@H]2CC[C@@H](C2)C1=O. The van der Waals surface area contributed by atoms with Crippen molar-refractivity contribution in [3.63, 3.8) is 0 Å². The summed E-state index contributed by atoms with van der Waals surface area (Å²) in [6, 6.07) is 7.14. The smallest absolute Gasteiger partial charge is 0.226 e. The van der Waals surface area contributed by atoms with Crippen LogP contribution in [0.25, 0.3) is 11.5 Å². The van der Waals surface area contributed by atoms with E-state index in [1.807, 2.05) is 12.1 Å². The van der Waals surface area contributed by atoms with Crippen molar-refractivity contribution in [2.24, 2.45) is 11.8 Å². The minimum atomic E-state index is -0.744. The molecule has 1 aromatic heterocycles. The summed E-state index contributed by atoms with van der Waals surface area (Å²) < 4.78 is 5.72. The maximum absolute atomic E-state index is 12.6. The Balaban J connectivity index is 1.73. The molecule has 2 bridgehead atoms. The van der Waals surface area contributed by atoms with Crippen LogP contribution in [0.5, 0.6) is 0 Å². The van der Waals surface area contributed by atoms with Crippen molar-refractivity contribution in [2.45, 2.75) is 32.1 Å². The number of rotatable bonds is 2. The molecule has 2 saturated carbocycles. The Morgan fingerprint density at radius 1 is 1.09 bits per heavy atom. The van der Waals surface area contributed by atoms with Crippen molar-refractivity contribution in [1.82, 2.24) is 4.98 Å². The van der Waals surface area contributed by atoms with Gasteiger partial charge in [-0.25, -0.2) is 4.98 Å². The van der Waals surface area contributed by atoms with Crippen LogP contribution >= 0.6 is 11.6 Å². The van der Waals surface area contributed by atoms with E-state index in [9.17, 15) is 9.59 Å². The molecule has 0 N–H and O–H groups in total. The highest BCUT2D eigenvalue weighted by Crippen LogP contribution is 2.44. The van der Waals surface area contributed by atoms with Gasteiger partial charge < -0.3 is 4.42 Å². The third-order valence-electron chi connectivity index (χ3n) is 5.00. The molecule has 0 radical (unpaired) electrons. The van der Waals surface area contributed by atoms with E-state index in [0.29, 0.717) is 22.4 Å². The summed E-state index contributed by atoms with van der Waals surface area (Å²) in [5.41, 5.74) is 1.27. The molecule has 3 atom stereocenters. The van der Waals surface area contributed by atoms with Gasteiger partial charge in [0, 0.05) is 22.4 Å². The number of carbonyl (C=O) groups excluding carboxylic acids is 2. The van der Waals surface area contributed by atoms with Crippen LogP contribution in [0.1, 0.15) is 36.6 Å². The first-order chi connectivity index (χ1) is 11.0. The van der Waals surface area contributed by atoms with Gasteiger partial charge in [0.05, 0.1) is 0 Å². The number of hydrogen-bond acceptors (Lipinski definition) is 4. The van der Waals surface area contributed by atoms with Crippen molar-refractivity contribution in [2.75, 3.05) is 0 Å². The summed E-state index contributed by atoms with van der Waals surface area (Å²) in [5, 5.41) is 0.631. The van der Waals surface area contributed by atoms with Crippen molar-refractivity contribution in [1.29, 1.82) is 0 Å². The van der Waals surface area contributed by atoms with Gasteiger partial charge >= 0.3 is 0 Å². The molecule has 23 heavy (non-hydrogen) atoms. The fourth-order valence-corrected chi connectivity index (χ4v) is 3.90. The van der Waals surface area contributed by atoms with Crippen LogP contribution in [0.3, 0.4) is 0 Å². The molecular formula is C18H16ClNO3. The lowest BCUT2D eigenvalue weighted by atomic mass is 9.77. The number of aryl methyl sites for hydroxylation is 1. The first-order valence-electron chi connectivity index (χ1n) is 7.85. The molecule has 4 rings (SSSR count). The number of nitrogens with zero attached hydrogens (tertiary/aromatic N) is 1. The number of ketones is 2. The Labute approximate surface area is 138 Å². The summed E-state index contributed by atoms with van der Waals surface area (Å²) in [6.45, 7) is 1.76. The van der Waals surface area contributed by atoms with Crippen LogP contribution in [0, 0.1) is 18.8 Å². The largest absolute Gasteiger partial charge is 0.441 e. The second-order valence-corrected chi connectivity index (χ2v) is 6.85. The number of oxazole rings is 1. The molecule has 1 aromatic carbocycles. The fraction of sp³-hybridized carbons (Fsp3) is 0.389. The summed E-state index contributed by atoms with van der Waals surface area (Å²) in [4.78, 5) is 29.7. The Bertz CT molecular complexity index is 771. The van der Waals surface area contributed by atoms with Crippen molar-refractivity contribution >= 4 is 23.2 Å². The number of Topliss-reactive ketones (excluding diaryl/α,β-unsaturated/α-hetero) is 2. The lowest BCUT2D eigenvalue weighted by Crippen LogP contribution is -2.35. The Kier molecular flexibility index (Phi) is 3.38. The van der Waals surface area contributed by atoms with Crippen LogP contribution in [-0.2, 0) is 9.59 Å². The lowest BCUT2D eigenvalue weighted by molar-refractivity contribution is -0.136. The molecular weight excluding hydrogens is 314 g/mol. The molecule has 2 aromatic rings. The second kappa shape index (κ2) is 5.31. The highest BCUT2D eigenvalue weighted by molar-refractivity contribution is 6.30. The molecule has 1 heterocycles. The van der Waals surface area contributed by atoms with Gasteiger partial charge in [-0.15, -0.1) is 0 Å². The van der Waals surface area contributed by atoms with E-state index in [1.165, 1.54) is 0 Å². The summed E-state index contributed by atoms with van der Waals surface area (Å²) >= 11 is 5.89. The van der Waals surface area contributed by atoms with E-state index >= 15 is 0 Å². The maximum atomic E-state index is 12.6. The molecule has 0 saturated heterocycles.